The van der Waals surface area contributed by atoms with Crippen LogP contribution >= 0.6 is 0 Å². The Morgan fingerprint density at radius 2 is 1.41 bits per heavy atom. The minimum absolute atomic E-state index is 0. The molecule has 0 aromatic rings. The molecule has 1 heterocycles. The first-order valence-corrected chi connectivity index (χ1v) is 7.21. The Bertz CT molecular complexity index is 194. The van der Waals surface area contributed by atoms with Crippen LogP contribution in [0.25, 0.3) is 0 Å². The summed E-state index contributed by atoms with van der Waals surface area (Å²) in [5, 5.41) is 0. The SMILES string of the molecule is CC[N+](C)(CC)CC[N+]1(C)CCCCCC1.[Br-]. The van der Waals surface area contributed by atoms with Gasteiger partial charge in [-0.2, -0.15) is 0 Å². The number of quaternary nitrogens is 2. The maximum atomic E-state index is 2.47. The lowest BCUT2D eigenvalue weighted by Gasteiger charge is -2.38. The Balaban J connectivity index is 0.00000256. The second-order valence-electron chi connectivity index (χ2n) is 6.18. The number of rotatable bonds is 5. The summed E-state index contributed by atoms with van der Waals surface area (Å²) in [4.78, 5) is 0. The van der Waals surface area contributed by atoms with E-state index >= 15 is 0 Å². The fourth-order valence-electron chi connectivity index (χ4n) is 2.70. The second-order valence-corrected chi connectivity index (χ2v) is 6.18. The van der Waals surface area contributed by atoms with Crippen molar-refractivity contribution in [2.24, 2.45) is 0 Å². The van der Waals surface area contributed by atoms with E-state index in [1.54, 1.807) is 0 Å². The zero-order valence-corrected chi connectivity index (χ0v) is 13.9. The Labute approximate surface area is 119 Å². The van der Waals surface area contributed by atoms with Crippen LogP contribution in [-0.2, 0) is 0 Å². The summed E-state index contributed by atoms with van der Waals surface area (Å²) in [5.74, 6) is 0. The Hall–Kier alpha value is 0.400. The van der Waals surface area contributed by atoms with Gasteiger partial charge in [-0.05, 0) is 39.5 Å². The van der Waals surface area contributed by atoms with E-state index in [0.29, 0.717) is 0 Å². The van der Waals surface area contributed by atoms with Crippen LogP contribution in [0.4, 0.5) is 0 Å². The quantitative estimate of drug-likeness (QED) is 0.601. The molecule has 0 aromatic heterocycles. The normalized spacial score (nSPS) is 20.5. The van der Waals surface area contributed by atoms with Crippen molar-refractivity contribution in [2.45, 2.75) is 39.5 Å². The minimum Gasteiger partial charge on any atom is -1.00 e. The van der Waals surface area contributed by atoms with Crippen LogP contribution in [-0.4, -0.2) is 62.3 Å². The third-order valence-electron chi connectivity index (χ3n) is 4.85. The van der Waals surface area contributed by atoms with Gasteiger partial charge in [0.25, 0.3) is 0 Å². The Kier molecular flexibility index (Phi) is 7.93. The van der Waals surface area contributed by atoms with Gasteiger partial charge in [-0.3, -0.25) is 0 Å². The van der Waals surface area contributed by atoms with E-state index in [2.05, 4.69) is 27.9 Å². The molecule has 1 aliphatic rings. The molecule has 1 saturated heterocycles. The third-order valence-corrected chi connectivity index (χ3v) is 4.85. The van der Waals surface area contributed by atoms with Gasteiger partial charge in [-0.15, -0.1) is 0 Å². The topological polar surface area (TPSA) is 0 Å². The molecular formula is C14H32BrN2+. The highest BCUT2D eigenvalue weighted by molar-refractivity contribution is 4.51. The predicted octanol–water partition coefficient (Wildman–Crippen LogP) is -0.503. The molecule has 0 bridgehead atoms. The highest BCUT2D eigenvalue weighted by atomic mass is 79.9. The van der Waals surface area contributed by atoms with Gasteiger partial charge < -0.3 is 25.9 Å². The third kappa shape index (κ3) is 5.71. The summed E-state index contributed by atoms with van der Waals surface area (Å²) >= 11 is 0. The zero-order valence-electron chi connectivity index (χ0n) is 12.3. The summed E-state index contributed by atoms with van der Waals surface area (Å²) < 4.78 is 2.57. The van der Waals surface area contributed by atoms with Crippen LogP contribution in [0.5, 0.6) is 0 Å². The van der Waals surface area contributed by atoms with Gasteiger partial charge >= 0.3 is 0 Å². The van der Waals surface area contributed by atoms with Crippen molar-refractivity contribution in [3.05, 3.63) is 0 Å². The summed E-state index contributed by atoms with van der Waals surface area (Å²) in [7, 11) is 4.88. The van der Waals surface area contributed by atoms with Crippen molar-refractivity contribution >= 4 is 0 Å². The van der Waals surface area contributed by atoms with E-state index in [1.165, 1.54) is 73.9 Å². The van der Waals surface area contributed by atoms with Crippen LogP contribution in [0, 0.1) is 0 Å². The van der Waals surface area contributed by atoms with E-state index in [9.17, 15) is 0 Å². The maximum Gasteiger partial charge on any atom is 0.128 e. The van der Waals surface area contributed by atoms with Crippen molar-refractivity contribution in [1.29, 1.82) is 0 Å². The average Bonchev–Trinajstić information content (AvgIpc) is 2.52. The molecule has 1 aliphatic heterocycles. The van der Waals surface area contributed by atoms with Crippen LogP contribution in [0.3, 0.4) is 0 Å². The highest BCUT2D eigenvalue weighted by Crippen LogP contribution is 2.16. The number of halogens is 1. The molecule has 0 unspecified atom stereocenters. The van der Waals surface area contributed by atoms with Gasteiger partial charge in [-0.25, -0.2) is 0 Å². The molecule has 0 aromatic carbocycles. The second kappa shape index (κ2) is 7.75. The molecule has 0 spiro atoms. The minimum atomic E-state index is 0. The van der Waals surface area contributed by atoms with Crippen molar-refractivity contribution in [1.82, 2.24) is 0 Å². The summed E-state index contributed by atoms with van der Waals surface area (Å²) in [6.07, 6.45) is 5.81. The smallest absolute Gasteiger partial charge is 0.128 e. The molecule has 0 aliphatic carbocycles. The van der Waals surface area contributed by atoms with Crippen LogP contribution in [0.2, 0.25) is 0 Å². The zero-order chi connectivity index (χ0) is 12.1. The first kappa shape index (κ1) is 17.4. The molecule has 3 heteroatoms. The standard InChI is InChI=1S/C14H32N2.BrH/c1-5-15(3,6-2)13-14-16(4)11-9-7-8-10-12-16;/h5-14H2,1-4H3;1H/q+2;/p-1. The lowest BCUT2D eigenvalue weighted by atomic mass is 10.2. The molecule has 1 rings (SSSR count). The van der Waals surface area contributed by atoms with E-state index in [1.807, 2.05) is 0 Å². The van der Waals surface area contributed by atoms with E-state index < -0.39 is 0 Å². The van der Waals surface area contributed by atoms with Gasteiger partial charge in [-0.1, -0.05) is 0 Å². The van der Waals surface area contributed by atoms with E-state index in [4.69, 9.17) is 0 Å². The van der Waals surface area contributed by atoms with Crippen molar-refractivity contribution < 1.29 is 25.9 Å². The van der Waals surface area contributed by atoms with Gasteiger partial charge in [0, 0.05) is 0 Å². The molecule has 0 atom stereocenters. The number of hydrogen-bond acceptors (Lipinski definition) is 0. The molecular weight excluding hydrogens is 276 g/mol. The number of hydrogen-bond donors (Lipinski definition) is 0. The van der Waals surface area contributed by atoms with Crippen LogP contribution in [0.15, 0.2) is 0 Å². The summed E-state index contributed by atoms with van der Waals surface area (Å²) in [6, 6.07) is 0. The molecule has 0 saturated carbocycles. The maximum absolute atomic E-state index is 2.47. The fraction of sp³-hybridized carbons (Fsp3) is 1.00. The molecule has 0 N–H and O–H groups in total. The average molecular weight is 308 g/mol. The van der Waals surface area contributed by atoms with Gasteiger partial charge in [0.15, 0.2) is 0 Å². The summed E-state index contributed by atoms with van der Waals surface area (Å²) in [6.45, 7) is 12.7. The molecule has 104 valence electrons. The van der Waals surface area contributed by atoms with Gasteiger partial charge in [0.05, 0.1) is 40.3 Å². The summed E-state index contributed by atoms with van der Waals surface area (Å²) in [5.41, 5.74) is 0. The molecule has 0 amide bonds. The molecule has 2 nitrogen and oxygen atoms in total. The van der Waals surface area contributed by atoms with Crippen LogP contribution in [0.1, 0.15) is 39.5 Å². The van der Waals surface area contributed by atoms with Crippen molar-refractivity contribution in [3.8, 4) is 0 Å². The number of nitrogens with zero attached hydrogens (tertiary/aromatic N) is 2. The van der Waals surface area contributed by atoms with E-state index in [-0.39, 0.29) is 17.0 Å². The molecule has 17 heavy (non-hydrogen) atoms. The Morgan fingerprint density at radius 3 is 1.82 bits per heavy atom. The van der Waals surface area contributed by atoms with Crippen molar-refractivity contribution in [3.63, 3.8) is 0 Å². The number of likely N-dealkylation sites (N-methyl/N-ethyl adjacent to an activating group) is 2. The van der Waals surface area contributed by atoms with Gasteiger partial charge in [0.2, 0.25) is 0 Å². The lowest BCUT2D eigenvalue weighted by molar-refractivity contribution is -0.961. The first-order valence-electron chi connectivity index (χ1n) is 7.21. The largest absolute Gasteiger partial charge is 1.00 e. The highest BCUT2D eigenvalue weighted by Gasteiger charge is 2.27. The van der Waals surface area contributed by atoms with Crippen LogP contribution < -0.4 is 17.0 Å². The lowest BCUT2D eigenvalue weighted by Crippen LogP contribution is -3.00. The first-order chi connectivity index (χ1) is 7.54. The fourth-order valence-corrected chi connectivity index (χ4v) is 2.70. The van der Waals surface area contributed by atoms with Crippen molar-refractivity contribution in [2.75, 3.05) is 53.4 Å². The van der Waals surface area contributed by atoms with Gasteiger partial charge in [0.1, 0.15) is 13.1 Å². The molecule has 0 radical (unpaired) electrons. The molecule has 1 fully saturated rings. The van der Waals surface area contributed by atoms with E-state index in [0.717, 1.165) is 0 Å². The number of likely N-dealkylation sites (tertiary alicyclic amines) is 1. The Morgan fingerprint density at radius 1 is 0.941 bits per heavy atom. The monoisotopic (exact) mass is 307 g/mol. The predicted molar refractivity (Wildman–Crippen MR) is 71.4 cm³/mol.